The topological polar surface area (TPSA) is 83.8 Å². The Labute approximate surface area is 201 Å². The van der Waals surface area contributed by atoms with Crippen LogP contribution >= 0.6 is 24.0 Å². The van der Waals surface area contributed by atoms with Gasteiger partial charge in [-0.3, -0.25) is 4.99 Å². The molecular weight excluding hydrogens is 507 g/mol. The maximum Gasteiger partial charge on any atom is 0.409 e. The van der Waals surface area contributed by atoms with Crippen molar-refractivity contribution in [3.05, 3.63) is 54.1 Å². The minimum Gasteiger partial charge on any atom is -0.450 e. The quantitative estimate of drug-likeness (QED) is 0.321. The molecule has 170 valence electrons. The van der Waals surface area contributed by atoms with Crippen LogP contribution in [0.15, 0.2) is 47.7 Å². The molecule has 0 bridgehead atoms. The summed E-state index contributed by atoms with van der Waals surface area (Å²) >= 11 is 0. The number of carbonyl (C=O) groups excluding carboxylic acids is 1. The number of halogens is 1. The largest absolute Gasteiger partial charge is 0.450 e. The van der Waals surface area contributed by atoms with Gasteiger partial charge in [-0.2, -0.15) is 0 Å². The molecule has 31 heavy (non-hydrogen) atoms. The monoisotopic (exact) mass is 540 g/mol. The lowest BCUT2D eigenvalue weighted by Gasteiger charge is -2.32. The van der Waals surface area contributed by atoms with E-state index in [1.807, 2.05) is 25.4 Å². The molecule has 2 heterocycles. The Balaban J connectivity index is 0.00000341. The normalized spacial score (nSPS) is 14.6. The Morgan fingerprint density at radius 2 is 2.00 bits per heavy atom. The van der Waals surface area contributed by atoms with E-state index in [4.69, 9.17) is 4.74 Å². The van der Waals surface area contributed by atoms with Crippen LogP contribution in [0.4, 0.5) is 4.79 Å². The third kappa shape index (κ3) is 7.71. The molecule has 8 nitrogen and oxygen atoms in total. The van der Waals surface area contributed by atoms with Crippen molar-refractivity contribution in [2.75, 3.05) is 33.3 Å². The number of nitrogens with zero attached hydrogens (tertiary/aromatic N) is 4. The summed E-state index contributed by atoms with van der Waals surface area (Å²) in [6.45, 7) is 5.21. The van der Waals surface area contributed by atoms with Gasteiger partial charge in [-0.15, -0.1) is 24.0 Å². The van der Waals surface area contributed by atoms with E-state index in [1.54, 1.807) is 11.9 Å². The van der Waals surface area contributed by atoms with Crippen molar-refractivity contribution in [3.63, 3.8) is 0 Å². The SMILES string of the molecule is CCOC(=O)N1CCC(NC(=NC)NCCc2nccn2Cc2ccccc2)CC1.I. The minimum absolute atomic E-state index is 0. The van der Waals surface area contributed by atoms with Gasteiger partial charge < -0.3 is 24.8 Å². The van der Waals surface area contributed by atoms with Crippen molar-refractivity contribution in [2.45, 2.75) is 38.8 Å². The summed E-state index contributed by atoms with van der Waals surface area (Å²) in [7, 11) is 1.78. The highest BCUT2D eigenvalue weighted by Gasteiger charge is 2.24. The highest BCUT2D eigenvalue weighted by molar-refractivity contribution is 14.0. The number of benzene rings is 1. The maximum atomic E-state index is 11.8. The zero-order chi connectivity index (χ0) is 21.2. The molecule has 1 aliphatic rings. The fourth-order valence-corrected chi connectivity index (χ4v) is 3.59. The first-order chi connectivity index (χ1) is 14.7. The number of likely N-dealkylation sites (tertiary alicyclic amines) is 1. The Hall–Kier alpha value is -2.30. The third-order valence-electron chi connectivity index (χ3n) is 5.22. The summed E-state index contributed by atoms with van der Waals surface area (Å²) in [6, 6.07) is 10.7. The van der Waals surface area contributed by atoms with Crippen molar-refractivity contribution in [3.8, 4) is 0 Å². The Morgan fingerprint density at radius 3 is 2.68 bits per heavy atom. The summed E-state index contributed by atoms with van der Waals surface area (Å²) in [6.07, 6.45) is 6.21. The van der Waals surface area contributed by atoms with E-state index >= 15 is 0 Å². The van der Waals surface area contributed by atoms with E-state index in [1.165, 1.54) is 5.56 Å². The van der Waals surface area contributed by atoms with Crippen molar-refractivity contribution in [1.82, 2.24) is 25.1 Å². The number of carbonyl (C=O) groups is 1. The molecule has 0 aliphatic carbocycles. The van der Waals surface area contributed by atoms with Crippen LogP contribution < -0.4 is 10.6 Å². The standard InChI is InChI=1S/C22H32N6O2.HI/c1-3-30-22(29)27-14-10-19(11-15-27)26-21(23-2)25-12-9-20-24-13-16-28(20)17-18-7-5-4-6-8-18;/h4-8,13,16,19H,3,9-12,14-15,17H2,1-2H3,(H2,23,25,26);1H. The van der Waals surface area contributed by atoms with Crippen molar-refractivity contribution in [2.24, 2.45) is 4.99 Å². The van der Waals surface area contributed by atoms with E-state index in [2.05, 4.69) is 49.4 Å². The van der Waals surface area contributed by atoms with Crippen LogP contribution in [0.3, 0.4) is 0 Å². The van der Waals surface area contributed by atoms with E-state index in [-0.39, 0.29) is 30.1 Å². The van der Waals surface area contributed by atoms with Gasteiger partial charge in [0, 0.05) is 58.1 Å². The molecule has 3 rings (SSSR count). The molecular formula is C22H33IN6O2. The second-order valence-corrected chi connectivity index (χ2v) is 7.31. The van der Waals surface area contributed by atoms with Crippen LogP contribution in [0.25, 0.3) is 0 Å². The molecule has 0 radical (unpaired) electrons. The molecule has 0 atom stereocenters. The highest BCUT2D eigenvalue weighted by Crippen LogP contribution is 2.11. The summed E-state index contributed by atoms with van der Waals surface area (Å²) in [5.74, 6) is 1.83. The van der Waals surface area contributed by atoms with Crippen molar-refractivity contribution >= 4 is 36.0 Å². The van der Waals surface area contributed by atoms with E-state index in [9.17, 15) is 4.79 Å². The molecule has 1 saturated heterocycles. The number of hydrogen-bond donors (Lipinski definition) is 2. The number of amides is 1. The van der Waals surface area contributed by atoms with E-state index in [0.717, 1.165) is 44.1 Å². The molecule has 0 unspecified atom stereocenters. The molecule has 9 heteroatoms. The lowest BCUT2D eigenvalue weighted by atomic mass is 10.1. The number of guanidine groups is 1. The number of rotatable bonds is 7. The molecule has 1 amide bonds. The van der Waals surface area contributed by atoms with Gasteiger partial charge in [0.2, 0.25) is 0 Å². The number of piperidine rings is 1. The van der Waals surface area contributed by atoms with Crippen molar-refractivity contribution in [1.29, 1.82) is 0 Å². The number of hydrogen-bond acceptors (Lipinski definition) is 4. The third-order valence-corrected chi connectivity index (χ3v) is 5.22. The van der Waals surface area contributed by atoms with Crippen LogP contribution in [-0.4, -0.2) is 65.8 Å². The predicted octanol–water partition coefficient (Wildman–Crippen LogP) is 2.88. The Bertz CT molecular complexity index is 818. The summed E-state index contributed by atoms with van der Waals surface area (Å²) < 4.78 is 7.26. The zero-order valence-electron chi connectivity index (χ0n) is 18.3. The highest BCUT2D eigenvalue weighted by atomic mass is 127. The maximum absolute atomic E-state index is 11.8. The average molecular weight is 540 g/mol. The van der Waals surface area contributed by atoms with Gasteiger partial charge in [0.05, 0.1) is 6.61 Å². The summed E-state index contributed by atoms with van der Waals surface area (Å²) in [5.41, 5.74) is 1.26. The smallest absolute Gasteiger partial charge is 0.409 e. The van der Waals surface area contributed by atoms with Crippen molar-refractivity contribution < 1.29 is 9.53 Å². The second-order valence-electron chi connectivity index (χ2n) is 7.31. The number of ether oxygens (including phenoxy) is 1. The average Bonchev–Trinajstić information content (AvgIpc) is 3.21. The van der Waals surface area contributed by atoms with E-state index < -0.39 is 0 Å². The van der Waals surface area contributed by atoms with E-state index in [0.29, 0.717) is 25.7 Å². The van der Waals surface area contributed by atoms with Crippen LogP contribution in [0, 0.1) is 0 Å². The fraction of sp³-hybridized carbons (Fsp3) is 0.500. The lowest BCUT2D eigenvalue weighted by Crippen LogP contribution is -2.50. The second kappa shape index (κ2) is 13.2. The molecule has 0 saturated carbocycles. The summed E-state index contributed by atoms with van der Waals surface area (Å²) in [5, 5.41) is 6.85. The Kier molecular flexibility index (Phi) is 10.6. The van der Waals surface area contributed by atoms with Gasteiger partial charge in [0.1, 0.15) is 5.82 Å². The van der Waals surface area contributed by atoms with Gasteiger partial charge in [0.15, 0.2) is 5.96 Å². The fourth-order valence-electron chi connectivity index (χ4n) is 3.59. The zero-order valence-corrected chi connectivity index (χ0v) is 20.6. The predicted molar refractivity (Wildman–Crippen MR) is 133 cm³/mol. The number of nitrogens with one attached hydrogen (secondary N) is 2. The number of aliphatic imine (C=N–C) groups is 1. The first kappa shape index (κ1) is 25.0. The first-order valence-corrected chi connectivity index (χ1v) is 10.6. The van der Waals surface area contributed by atoms with Gasteiger partial charge in [-0.1, -0.05) is 30.3 Å². The lowest BCUT2D eigenvalue weighted by molar-refractivity contribution is 0.0963. The minimum atomic E-state index is -0.218. The van der Waals surface area contributed by atoms with Crippen LogP contribution in [0.2, 0.25) is 0 Å². The molecule has 1 aromatic carbocycles. The van der Waals surface area contributed by atoms with Crippen LogP contribution in [0.5, 0.6) is 0 Å². The number of aromatic nitrogens is 2. The van der Waals surface area contributed by atoms with Gasteiger partial charge in [-0.25, -0.2) is 9.78 Å². The molecule has 1 aliphatic heterocycles. The molecule has 0 spiro atoms. The van der Waals surface area contributed by atoms with Crippen LogP contribution in [-0.2, 0) is 17.7 Å². The molecule has 2 aromatic rings. The van der Waals surface area contributed by atoms with Gasteiger partial charge in [-0.05, 0) is 25.3 Å². The summed E-state index contributed by atoms with van der Waals surface area (Å²) in [4.78, 5) is 22.4. The molecule has 1 aromatic heterocycles. The number of imidazole rings is 1. The van der Waals surface area contributed by atoms with Gasteiger partial charge >= 0.3 is 6.09 Å². The van der Waals surface area contributed by atoms with Gasteiger partial charge in [0.25, 0.3) is 0 Å². The Morgan fingerprint density at radius 1 is 1.26 bits per heavy atom. The van der Waals surface area contributed by atoms with Crippen LogP contribution in [0.1, 0.15) is 31.2 Å². The first-order valence-electron chi connectivity index (χ1n) is 10.6. The molecule has 1 fully saturated rings. The molecule has 2 N–H and O–H groups in total.